The van der Waals surface area contributed by atoms with Gasteiger partial charge in [0.25, 0.3) is 0 Å². The Hall–Kier alpha value is -1.45. The van der Waals surface area contributed by atoms with Crippen LogP contribution in [-0.2, 0) is 5.66 Å². The van der Waals surface area contributed by atoms with Gasteiger partial charge in [-0.25, -0.2) is 0 Å². The molecule has 0 radical (unpaired) electrons. The van der Waals surface area contributed by atoms with Crippen LogP contribution in [0.15, 0.2) is 36.5 Å². The Balaban J connectivity index is 2.78. The normalized spacial score (nSPS) is 11.9. The summed E-state index contributed by atoms with van der Waals surface area (Å²) in [5.74, 6) is 0. The Morgan fingerprint density at radius 2 is 1.86 bits per heavy atom. The lowest BCUT2D eigenvalue weighted by Gasteiger charge is -2.20. The zero-order chi connectivity index (χ0) is 10.2. The number of benzene rings is 1. The van der Waals surface area contributed by atoms with Gasteiger partial charge >= 0.3 is 0 Å². The molecule has 2 aromatic rings. The van der Waals surface area contributed by atoms with E-state index in [9.17, 15) is 0 Å². The van der Waals surface area contributed by atoms with Crippen LogP contribution in [0.3, 0.4) is 0 Å². The van der Waals surface area contributed by atoms with E-state index < -0.39 is 5.66 Å². The van der Waals surface area contributed by atoms with E-state index >= 15 is 0 Å². The molecule has 0 saturated heterocycles. The van der Waals surface area contributed by atoms with Gasteiger partial charge in [0.15, 0.2) is 0 Å². The Labute approximate surface area is 82.7 Å². The summed E-state index contributed by atoms with van der Waals surface area (Å²) in [5.41, 5.74) is 12.8. The lowest BCUT2D eigenvalue weighted by molar-refractivity contribution is 0.525. The highest BCUT2D eigenvalue weighted by Gasteiger charge is 2.17. The van der Waals surface area contributed by atoms with Gasteiger partial charge in [-0.3, -0.25) is 4.98 Å². The summed E-state index contributed by atoms with van der Waals surface area (Å²) >= 11 is 0. The molecule has 0 aliphatic heterocycles. The molecule has 2 rings (SSSR count). The van der Waals surface area contributed by atoms with E-state index in [1.165, 1.54) is 0 Å². The van der Waals surface area contributed by atoms with Gasteiger partial charge in [-0.2, -0.15) is 0 Å². The van der Waals surface area contributed by atoms with Gasteiger partial charge in [0.2, 0.25) is 0 Å². The third-order valence-electron chi connectivity index (χ3n) is 2.23. The third-order valence-corrected chi connectivity index (χ3v) is 2.23. The van der Waals surface area contributed by atoms with Gasteiger partial charge < -0.3 is 11.5 Å². The summed E-state index contributed by atoms with van der Waals surface area (Å²) in [4.78, 5) is 4.24. The molecule has 0 aliphatic carbocycles. The van der Waals surface area contributed by atoms with Gasteiger partial charge in [-0.15, -0.1) is 0 Å². The van der Waals surface area contributed by atoms with Crippen molar-refractivity contribution in [2.45, 2.75) is 12.6 Å². The molecule has 0 atom stereocenters. The number of rotatable bonds is 1. The molecule has 0 fully saturated rings. The van der Waals surface area contributed by atoms with Crippen LogP contribution < -0.4 is 11.5 Å². The van der Waals surface area contributed by atoms with Gasteiger partial charge in [0, 0.05) is 11.6 Å². The Morgan fingerprint density at radius 3 is 2.57 bits per heavy atom. The molecule has 3 nitrogen and oxygen atoms in total. The fraction of sp³-hybridized carbons (Fsp3) is 0.182. The van der Waals surface area contributed by atoms with Crippen molar-refractivity contribution < 1.29 is 0 Å². The number of hydrogen-bond acceptors (Lipinski definition) is 3. The molecule has 1 aromatic heterocycles. The highest BCUT2D eigenvalue weighted by molar-refractivity contribution is 5.82. The first-order valence-corrected chi connectivity index (χ1v) is 4.51. The van der Waals surface area contributed by atoms with E-state index in [2.05, 4.69) is 4.98 Å². The van der Waals surface area contributed by atoms with Crippen LogP contribution in [0.1, 0.15) is 12.5 Å². The Morgan fingerprint density at radius 1 is 1.14 bits per heavy atom. The van der Waals surface area contributed by atoms with Crippen LogP contribution in [0, 0.1) is 0 Å². The van der Waals surface area contributed by atoms with Crippen molar-refractivity contribution >= 4 is 10.9 Å². The summed E-state index contributed by atoms with van der Waals surface area (Å²) in [6.07, 6.45) is 1.73. The van der Waals surface area contributed by atoms with Crippen molar-refractivity contribution in [3.05, 3.63) is 42.1 Å². The predicted molar refractivity (Wildman–Crippen MR) is 57.5 cm³/mol. The molecular formula is C11H13N3. The van der Waals surface area contributed by atoms with E-state index in [0.29, 0.717) is 0 Å². The highest BCUT2D eigenvalue weighted by Crippen LogP contribution is 2.21. The quantitative estimate of drug-likeness (QED) is 0.662. The third kappa shape index (κ3) is 1.47. The molecule has 1 heterocycles. The number of para-hydroxylation sites is 1. The van der Waals surface area contributed by atoms with E-state index in [1.807, 2.05) is 30.3 Å². The second kappa shape index (κ2) is 3.04. The van der Waals surface area contributed by atoms with Gasteiger partial charge in [0.05, 0.1) is 11.2 Å². The van der Waals surface area contributed by atoms with Crippen molar-refractivity contribution in [1.82, 2.24) is 4.98 Å². The van der Waals surface area contributed by atoms with Crippen molar-refractivity contribution in [2.75, 3.05) is 0 Å². The van der Waals surface area contributed by atoms with Crippen molar-refractivity contribution in [3.63, 3.8) is 0 Å². The molecule has 0 unspecified atom stereocenters. The summed E-state index contributed by atoms with van der Waals surface area (Å²) in [6.45, 7) is 1.79. The van der Waals surface area contributed by atoms with Crippen LogP contribution in [0.5, 0.6) is 0 Å². The topological polar surface area (TPSA) is 64.9 Å². The van der Waals surface area contributed by atoms with Gasteiger partial charge in [-0.05, 0) is 24.6 Å². The maximum absolute atomic E-state index is 5.87. The van der Waals surface area contributed by atoms with Gasteiger partial charge in [0.1, 0.15) is 0 Å². The zero-order valence-corrected chi connectivity index (χ0v) is 8.07. The molecule has 0 bridgehead atoms. The minimum Gasteiger partial charge on any atom is -0.310 e. The second-order valence-corrected chi connectivity index (χ2v) is 3.66. The van der Waals surface area contributed by atoms with E-state index in [-0.39, 0.29) is 0 Å². The Kier molecular flexibility index (Phi) is 1.98. The number of pyridine rings is 1. The molecule has 1 aromatic carbocycles. The molecule has 0 saturated carbocycles. The van der Waals surface area contributed by atoms with Crippen LogP contribution in [0.25, 0.3) is 10.9 Å². The fourth-order valence-electron chi connectivity index (χ4n) is 1.57. The van der Waals surface area contributed by atoms with E-state index in [0.717, 1.165) is 16.5 Å². The van der Waals surface area contributed by atoms with Crippen LogP contribution in [0.2, 0.25) is 0 Å². The maximum atomic E-state index is 5.87. The molecule has 3 heteroatoms. The molecule has 0 aliphatic rings. The van der Waals surface area contributed by atoms with E-state index in [1.54, 1.807) is 13.1 Å². The first-order chi connectivity index (χ1) is 6.59. The monoisotopic (exact) mass is 187 g/mol. The zero-order valence-electron chi connectivity index (χ0n) is 8.07. The lowest BCUT2D eigenvalue weighted by atomic mass is 9.99. The van der Waals surface area contributed by atoms with Crippen molar-refractivity contribution in [3.8, 4) is 0 Å². The number of nitrogens with two attached hydrogens (primary N) is 2. The SMILES string of the molecule is CC(N)(N)c1ccnc2ccccc12. The van der Waals surface area contributed by atoms with Gasteiger partial charge in [-0.1, -0.05) is 18.2 Å². The number of hydrogen-bond donors (Lipinski definition) is 2. The number of nitrogens with zero attached hydrogens (tertiary/aromatic N) is 1. The minimum atomic E-state index is -0.817. The smallest absolute Gasteiger partial charge is 0.0877 e. The standard InChI is InChI=1S/C11H13N3/c1-11(12,13)9-6-7-14-10-5-3-2-4-8(9)10/h2-7H,12-13H2,1H3. The molecule has 72 valence electrons. The summed E-state index contributed by atoms with van der Waals surface area (Å²) < 4.78 is 0. The molecule has 4 N–H and O–H groups in total. The first-order valence-electron chi connectivity index (χ1n) is 4.51. The lowest BCUT2D eigenvalue weighted by Crippen LogP contribution is -2.42. The first kappa shape index (κ1) is 9.12. The summed E-state index contributed by atoms with van der Waals surface area (Å²) in [6, 6.07) is 9.70. The molecule has 0 amide bonds. The average molecular weight is 187 g/mol. The fourth-order valence-corrected chi connectivity index (χ4v) is 1.57. The summed E-state index contributed by atoms with van der Waals surface area (Å²) in [7, 11) is 0. The number of fused-ring (bicyclic) bond motifs is 1. The predicted octanol–water partition coefficient (Wildman–Crippen LogP) is 1.32. The molecular weight excluding hydrogens is 174 g/mol. The highest BCUT2D eigenvalue weighted by atomic mass is 14.9. The maximum Gasteiger partial charge on any atom is 0.0877 e. The van der Waals surface area contributed by atoms with E-state index in [4.69, 9.17) is 11.5 Å². The van der Waals surface area contributed by atoms with Crippen molar-refractivity contribution in [2.24, 2.45) is 11.5 Å². The second-order valence-electron chi connectivity index (χ2n) is 3.66. The Bertz CT molecular complexity index is 452. The van der Waals surface area contributed by atoms with Crippen LogP contribution in [0.4, 0.5) is 0 Å². The largest absolute Gasteiger partial charge is 0.310 e. The van der Waals surface area contributed by atoms with Crippen molar-refractivity contribution in [1.29, 1.82) is 0 Å². The minimum absolute atomic E-state index is 0.817. The van der Waals surface area contributed by atoms with Crippen LogP contribution in [-0.4, -0.2) is 4.98 Å². The van der Waals surface area contributed by atoms with Crippen LogP contribution >= 0.6 is 0 Å². The summed E-state index contributed by atoms with van der Waals surface area (Å²) in [5, 5.41) is 1.02. The molecule has 0 spiro atoms. The molecule has 14 heavy (non-hydrogen) atoms. The average Bonchev–Trinajstić information content (AvgIpc) is 2.15. The number of aromatic nitrogens is 1.